The highest BCUT2D eigenvalue weighted by Gasteiger charge is 2.29. The topological polar surface area (TPSA) is 39.4 Å². The van der Waals surface area contributed by atoms with Crippen LogP contribution in [0.1, 0.15) is 115 Å². The van der Waals surface area contributed by atoms with E-state index in [1.54, 1.807) is 50.2 Å². The molecule has 0 saturated heterocycles. The molecule has 0 aliphatic rings. The molecule has 0 unspecified atom stereocenters. The van der Waals surface area contributed by atoms with E-state index in [-0.39, 0.29) is 118 Å². The molecule has 0 bridgehead atoms. The fourth-order valence-electron chi connectivity index (χ4n) is 11.4. The van der Waals surface area contributed by atoms with Crippen LogP contribution < -0.4 is 0 Å². The molecule has 14 rings (SSSR count). The highest BCUT2D eigenvalue weighted by Crippen LogP contribution is 2.48. The molecule has 3 aromatic heterocycles. The number of rotatable bonds is 5. The summed E-state index contributed by atoms with van der Waals surface area (Å²) < 4.78 is 169. The van der Waals surface area contributed by atoms with Gasteiger partial charge in [-0.25, -0.2) is 0 Å². The Kier molecular flexibility index (Phi) is 9.64. The second kappa shape index (κ2) is 21.6. The number of furan rings is 3. The zero-order valence-electron chi connectivity index (χ0n) is 66.3. The van der Waals surface area contributed by atoms with E-state index in [2.05, 4.69) is 65.8 Å². The van der Waals surface area contributed by atoms with Gasteiger partial charge in [-0.15, -0.1) is 0 Å². The van der Waals surface area contributed by atoms with Crippen molar-refractivity contribution in [2.45, 2.75) is 92.4 Å². The minimum Gasteiger partial charge on any atom is -0.456 e. The molecule has 0 fully saturated rings. The van der Waals surface area contributed by atoms with Gasteiger partial charge in [0, 0.05) is 32.3 Å². The zero-order chi connectivity index (χ0) is 73.5. The van der Waals surface area contributed by atoms with E-state index < -0.39 is 29.6 Å². The van der Waals surface area contributed by atoms with Crippen LogP contribution in [0.3, 0.4) is 0 Å². The third kappa shape index (κ3) is 10.5. The van der Waals surface area contributed by atoms with Crippen molar-refractivity contribution in [2.24, 2.45) is 0 Å². The van der Waals surface area contributed by atoms with Gasteiger partial charge >= 0.3 is 0 Å². The highest BCUT2D eigenvalue weighted by atomic mass is 16.3. The summed E-state index contributed by atoms with van der Waals surface area (Å²) in [4.78, 5) is 0. The van der Waals surface area contributed by atoms with Crippen LogP contribution in [0.4, 0.5) is 0 Å². The van der Waals surface area contributed by atoms with Gasteiger partial charge in [-0.2, -0.15) is 0 Å². The van der Waals surface area contributed by atoms with Crippen LogP contribution in [0, 0.1) is 13.8 Å². The van der Waals surface area contributed by atoms with E-state index in [1.165, 1.54) is 0 Å². The summed E-state index contributed by atoms with van der Waals surface area (Å²) in [7, 11) is 0. The number of benzene rings is 11. The summed E-state index contributed by atoms with van der Waals surface area (Å²) in [6.07, 6.45) is 0. The molecule has 0 atom stereocenters. The molecule has 14 aromatic rings. The lowest BCUT2D eigenvalue weighted by atomic mass is 9.78. The number of hydrogen-bond acceptors (Lipinski definition) is 3. The third-order valence-electron chi connectivity index (χ3n) is 14.8. The van der Waals surface area contributed by atoms with Gasteiger partial charge in [0.2, 0.25) is 0 Å². The molecule has 410 valence electrons. The molecule has 0 aliphatic carbocycles. The fourth-order valence-corrected chi connectivity index (χ4v) is 11.4. The van der Waals surface area contributed by atoms with E-state index in [0.717, 1.165) is 49.4 Å². The Morgan fingerprint density at radius 3 is 1.14 bits per heavy atom. The Balaban J connectivity index is 0.000000145. The normalized spacial score (nSPS) is 15.1. The van der Waals surface area contributed by atoms with Gasteiger partial charge in [0.15, 0.2) is 0 Å². The molecule has 0 spiro atoms. The third-order valence-corrected chi connectivity index (χ3v) is 14.8. The van der Waals surface area contributed by atoms with Crippen LogP contribution in [-0.4, -0.2) is 0 Å². The number of fused-ring (bicyclic) bond motifs is 9. The maximum atomic E-state index is 8.72. The van der Waals surface area contributed by atoms with Crippen molar-refractivity contribution in [1.29, 1.82) is 0 Å². The summed E-state index contributed by atoms with van der Waals surface area (Å²) in [5.74, 6) is 0. The molecular formula is C80H72O3. The van der Waals surface area contributed by atoms with E-state index in [1.807, 2.05) is 87.5 Å². The average molecular weight is 1100 g/mol. The van der Waals surface area contributed by atoms with Crippen LogP contribution in [0.15, 0.2) is 249 Å². The van der Waals surface area contributed by atoms with Crippen LogP contribution in [-0.2, 0) is 16.2 Å². The summed E-state index contributed by atoms with van der Waals surface area (Å²) in [6, 6.07) is 35.8. The minimum atomic E-state index is -0.577. The van der Waals surface area contributed by atoms with Crippen LogP contribution in [0.25, 0.3) is 121 Å². The van der Waals surface area contributed by atoms with Crippen molar-refractivity contribution in [1.82, 2.24) is 0 Å². The number of hydrogen-bond donors (Lipinski definition) is 0. The Labute approximate surface area is 514 Å². The van der Waals surface area contributed by atoms with Gasteiger partial charge in [0.05, 0.1) is 24.7 Å². The van der Waals surface area contributed by atoms with Crippen molar-refractivity contribution in [3.05, 3.63) is 264 Å². The molecule has 3 heteroatoms. The minimum absolute atomic E-state index is 0.0548. The van der Waals surface area contributed by atoms with E-state index in [4.69, 9.17) is 37.9 Å². The summed E-state index contributed by atoms with van der Waals surface area (Å²) in [5.41, 5.74) is 11.6. The lowest BCUT2D eigenvalue weighted by molar-refractivity contribution is 0.594. The van der Waals surface area contributed by atoms with Crippen molar-refractivity contribution in [3.8, 4) is 55.6 Å². The molecule has 0 N–H and O–H groups in total. The average Bonchev–Trinajstić information content (AvgIpc) is 1.66. The van der Waals surface area contributed by atoms with E-state index >= 15 is 0 Å². The molecule has 0 amide bonds. The molecule has 83 heavy (non-hydrogen) atoms. The molecular weight excluding hydrogens is 1010 g/mol. The molecule has 3 heterocycles. The van der Waals surface area contributed by atoms with Crippen LogP contribution in [0.5, 0.6) is 0 Å². The van der Waals surface area contributed by atoms with Crippen molar-refractivity contribution < 1.29 is 37.9 Å². The Bertz CT molecular complexity index is 5670. The van der Waals surface area contributed by atoms with Crippen molar-refractivity contribution >= 4 is 65.8 Å². The standard InChI is InChI=1S/C29H26O.C28H24O.C23H22O/c1-19-13-15-21(16-14-19)23-17-18-25-27(28(23)29(2,3)4)26-22(11-8-12-24(26)30-25)20-9-6-5-7-10-20;1-28(2,3)27-22(20-13-8-5-9-14-20)17-18-24-26(27)25-21(15-10-16-23(25)29-24)19-11-6-4-7-12-19;1-15-8-5-9-16(14-15)17-10-6-12-19-21(17)22-18(23(2,3)4)11-7-13-20(22)24-19/h5-18H,1-4H3;4-18H,1-3H3;5-14H,1-4H3/i5D,6D,7D,9D,10D,13D,14D,15D,16D;4D,6D,7D,11D,12D;5D,8D,9D,14D. The Morgan fingerprint density at radius 1 is 0.277 bits per heavy atom. The molecule has 0 aliphatic heterocycles. The van der Waals surface area contributed by atoms with Gasteiger partial charge in [0.25, 0.3) is 0 Å². The smallest absolute Gasteiger partial charge is 0.136 e. The lowest BCUT2D eigenvalue weighted by Crippen LogP contribution is -2.13. The van der Waals surface area contributed by atoms with Gasteiger partial charge in [-0.1, -0.05) is 273 Å². The summed E-state index contributed by atoms with van der Waals surface area (Å²) in [6.45, 7) is 22.1. The van der Waals surface area contributed by atoms with Gasteiger partial charge in [-0.3, -0.25) is 0 Å². The molecule has 0 radical (unpaired) electrons. The SMILES string of the molecule is [2H]c1c([2H])c(C)c([2H])c(-c2cccc3oc4cccc(C(C)(C)C)c4c23)c1[2H].[2H]c1c([2H])c([2H])c(-c2cccc3oc4ccc(-c5c([2H])c([2H])c(C)c([2H])c5[2H])c(C(C)(C)C)c4c23)c([2H])c1[2H].[2H]c1c([2H])c([2H])c(-c2cccc3oc4ccc(-c5ccccc5)c(C(C)(C)C)c4c23)c([2H])c1[2H]. The van der Waals surface area contributed by atoms with Crippen LogP contribution in [0.2, 0.25) is 0 Å². The van der Waals surface area contributed by atoms with Gasteiger partial charge < -0.3 is 13.3 Å². The molecule has 0 saturated carbocycles. The zero-order valence-corrected chi connectivity index (χ0v) is 48.3. The van der Waals surface area contributed by atoms with Crippen LogP contribution >= 0.6 is 0 Å². The van der Waals surface area contributed by atoms with E-state index in [9.17, 15) is 0 Å². The fraction of sp³-hybridized carbons (Fsp3) is 0.175. The molecule has 3 nitrogen and oxygen atoms in total. The Morgan fingerprint density at radius 2 is 0.675 bits per heavy atom. The first-order chi connectivity index (χ1) is 47.4. The maximum absolute atomic E-state index is 8.72. The Hall–Kier alpha value is -9.18. The maximum Gasteiger partial charge on any atom is 0.136 e. The second-order valence-corrected chi connectivity index (χ2v) is 23.9. The first kappa shape index (κ1) is 37.0. The lowest BCUT2D eigenvalue weighted by Gasteiger charge is -2.25. The summed E-state index contributed by atoms with van der Waals surface area (Å²) in [5, 5.41) is 4.71. The van der Waals surface area contributed by atoms with E-state index in [0.29, 0.717) is 77.6 Å². The van der Waals surface area contributed by atoms with Crippen molar-refractivity contribution in [3.63, 3.8) is 0 Å². The predicted molar refractivity (Wildman–Crippen MR) is 354 cm³/mol. The predicted octanol–water partition coefficient (Wildman–Crippen LogP) is 23.6. The van der Waals surface area contributed by atoms with Crippen molar-refractivity contribution in [2.75, 3.05) is 0 Å². The second-order valence-electron chi connectivity index (χ2n) is 23.9. The quantitative estimate of drug-likeness (QED) is 0.172. The largest absolute Gasteiger partial charge is 0.456 e. The first-order valence-corrected chi connectivity index (χ1v) is 27.7. The van der Waals surface area contributed by atoms with Gasteiger partial charge in [-0.05, 0) is 139 Å². The first-order valence-electron chi connectivity index (χ1n) is 36.7. The summed E-state index contributed by atoms with van der Waals surface area (Å²) >= 11 is 0. The monoisotopic (exact) mass is 1100 g/mol. The highest BCUT2D eigenvalue weighted by molar-refractivity contribution is 6.17. The molecule has 11 aromatic carbocycles. The van der Waals surface area contributed by atoms with Gasteiger partial charge in [0.1, 0.15) is 33.5 Å².